The summed E-state index contributed by atoms with van der Waals surface area (Å²) in [6.45, 7) is 1.96. The average molecular weight is 499 g/mol. The van der Waals surface area contributed by atoms with Crippen molar-refractivity contribution in [2.24, 2.45) is 0 Å². The Morgan fingerprint density at radius 1 is 0.889 bits per heavy atom. The van der Waals surface area contributed by atoms with Crippen LogP contribution in [0.15, 0.2) is 94.3 Å². The summed E-state index contributed by atoms with van der Waals surface area (Å²) in [5.74, 6) is -1.47. The van der Waals surface area contributed by atoms with Gasteiger partial charge < -0.3 is 15.1 Å². The van der Waals surface area contributed by atoms with Crippen molar-refractivity contribution in [1.29, 1.82) is 0 Å². The van der Waals surface area contributed by atoms with Gasteiger partial charge in [-0.1, -0.05) is 41.4 Å². The van der Waals surface area contributed by atoms with E-state index in [0.717, 1.165) is 5.56 Å². The number of rotatable bonds is 5. The summed E-state index contributed by atoms with van der Waals surface area (Å²) in [6.07, 6.45) is 1.49. The van der Waals surface area contributed by atoms with Gasteiger partial charge in [-0.3, -0.25) is 14.4 Å². The quantitative estimate of drug-likeness (QED) is 0.335. The summed E-state index contributed by atoms with van der Waals surface area (Å²) < 4.78 is 7.21. The topological polar surface area (TPSA) is 106 Å². The van der Waals surface area contributed by atoms with Crippen LogP contribution in [0.3, 0.4) is 0 Å². The zero-order chi connectivity index (χ0) is 25.2. The molecule has 9 heteroatoms. The van der Waals surface area contributed by atoms with Crippen molar-refractivity contribution in [3.05, 3.63) is 117 Å². The van der Waals surface area contributed by atoms with E-state index in [1.165, 1.54) is 16.9 Å². The first-order valence-corrected chi connectivity index (χ1v) is 11.3. The van der Waals surface area contributed by atoms with Gasteiger partial charge in [-0.05, 0) is 55.5 Å². The molecule has 36 heavy (non-hydrogen) atoms. The van der Waals surface area contributed by atoms with Crippen molar-refractivity contribution in [3.8, 4) is 5.69 Å². The summed E-state index contributed by atoms with van der Waals surface area (Å²) in [5, 5.41) is 10.6. The molecule has 5 rings (SSSR count). The summed E-state index contributed by atoms with van der Waals surface area (Å²) in [7, 11) is 0. The monoisotopic (exact) mass is 498 g/mol. The van der Waals surface area contributed by atoms with Crippen LogP contribution in [0.5, 0.6) is 0 Å². The molecule has 2 N–H and O–H groups in total. The lowest BCUT2D eigenvalue weighted by Crippen LogP contribution is -2.26. The number of halogens is 1. The average Bonchev–Trinajstić information content (AvgIpc) is 3.24. The van der Waals surface area contributed by atoms with Crippen LogP contribution in [0.25, 0.3) is 16.7 Å². The van der Waals surface area contributed by atoms with E-state index in [0.29, 0.717) is 27.4 Å². The fourth-order valence-electron chi connectivity index (χ4n) is 3.63. The maximum Gasteiger partial charge on any atom is 0.293 e. The molecule has 0 aliphatic rings. The number of carbonyl (C=O) groups excluding carboxylic acids is 2. The van der Waals surface area contributed by atoms with Gasteiger partial charge in [0.15, 0.2) is 5.69 Å². The Bertz CT molecular complexity index is 1650. The maximum atomic E-state index is 13.2. The number of hydrogen-bond donors (Lipinski definition) is 2. The standard InChI is InChI=1S/C27H19ClN4O4/c1-16-6-12-19(13-7-16)32-15-14-21(33)24(31-32)26(34)30-23-20-4-2-3-5-22(20)36-25(23)27(35)29-18-10-8-17(28)9-11-18/h2-15H,1H3,(H,29,35)(H,30,34). The minimum atomic E-state index is -0.770. The first-order valence-electron chi connectivity index (χ1n) is 11.0. The third kappa shape index (κ3) is 4.62. The van der Waals surface area contributed by atoms with Crippen molar-refractivity contribution < 1.29 is 14.0 Å². The van der Waals surface area contributed by atoms with E-state index >= 15 is 0 Å². The Morgan fingerprint density at radius 2 is 1.61 bits per heavy atom. The van der Waals surface area contributed by atoms with Gasteiger partial charge in [-0.2, -0.15) is 5.10 Å². The first kappa shape index (κ1) is 23.1. The van der Waals surface area contributed by atoms with Crippen LogP contribution >= 0.6 is 11.6 Å². The highest BCUT2D eigenvalue weighted by Gasteiger charge is 2.24. The van der Waals surface area contributed by atoms with Crippen molar-refractivity contribution in [1.82, 2.24) is 9.78 Å². The molecule has 0 aliphatic carbocycles. The summed E-state index contributed by atoms with van der Waals surface area (Å²) in [6, 6.07) is 22.2. The predicted molar refractivity (Wildman–Crippen MR) is 138 cm³/mol. The molecule has 0 radical (unpaired) electrons. The molecule has 2 amide bonds. The van der Waals surface area contributed by atoms with Gasteiger partial charge >= 0.3 is 0 Å². The molecular weight excluding hydrogens is 480 g/mol. The van der Waals surface area contributed by atoms with Gasteiger partial charge in [-0.15, -0.1) is 0 Å². The van der Waals surface area contributed by atoms with Crippen LogP contribution in [0, 0.1) is 6.92 Å². The lowest BCUT2D eigenvalue weighted by molar-refractivity contribution is 0.0999. The van der Waals surface area contributed by atoms with E-state index in [-0.39, 0.29) is 17.1 Å². The molecule has 5 aromatic rings. The third-order valence-corrected chi connectivity index (χ3v) is 5.72. The minimum absolute atomic E-state index is 0.116. The van der Waals surface area contributed by atoms with E-state index < -0.39 is 17.2 Å². The number of aryl methyl sites for hydroxylation is 1. The van der Waals surface area contributed by atoms with Gasteiger partial charge in [0.05, 0.1) is 5.69 Å². The lowest BCUT2D eigenvalue weighted by Gasteiger charge is -2.09. The molecule has 178 valence electrons. The number of nitrogens with zero attached hydrogens (tertiary/aromatic N) is 2. The molecule has 2 heterocycles. The summed E-state index contributed by atoms with van der Waals surface area (Å²) in [5.41, 5.74) is 1.89. The normalized spacial score (nSPS) is 10.8. The lowest BCUT2D eigenvalue weighted by atomic mass is 10.2. The number of furan rings is 1. The van der Waals surface area contributed by atoms with Crippen LogP contribution in [-0.4, -0.2) is 21.6 Å². The zero-order valence-electron chi connectivity index (χ0n) is 19.0. The highest BCUT2D eigenvalue weighted by molar-refractivity contribution is 6.30. The number of carbonyl (C=O) groups is 2. The Morgan fingerprint density at radius 3 is 2.36 bits per heavy atom. The Hall–Kier alpha value is -4.69. The van der Waals surface area contributed by atoms with E-state index in [2.05, 4.69) is 15.7 Å². The van der Waals surface area contributed by atoms with E-state index in [1.54, 1.807) is 48.5 Å². The molecule has 8 nitrogen and oxygen atoms in total. The molecule has 0 saturated heterocycles. The number of hydrogen-bond acceptors (Lipinski definition) is 5. The summed E-state index contributed by atoms with van der Waals surface area (Å²) >= 11 is 5.92. The second kappa shape index (κ2) is 9.52. The zero-order valence-corrected chi connectivity index (χ0v) is 19.7. The minimum Gasteiger partial charge on any atom is -0.449 e. The van der Waals surface area contributed by atoms with Crippen LogP contribution in [0.4, 0.5) is 11.4 Å². The van der Waals surface area contributed by atoms with E-state index in [9.17, 15) is 14.4 Å². The Labute approximate surface area is 210 Å². The SMILES string of the molecule is Cc1ccc(-n2ccc(=O)c(C(=O)Nc3c(C(=O)Nc4ccc(Cl)cc4)oc4ccccc34)n2)cc1. The smallest absolute Gasteiger partial charge is 0.293 e. The number of nitrogens with one attached hydrogen (secondary N) is 2. The molecule has 0 spiro atoms. The predicted octanol–water partition coefficient (Wildman–Crippen LogP) is 5.45. The van der Waals surface area contributed by atoms with Gasteiger partial charge in [0.1, 0.15) is 11.3 Å². The second-order valence-electron chi connectivity index (χ2n) is 8.03. The maximum absolute atomic E-state index is 13.2. The molecule has 0 fully saturated rings. The molecule has 0 unspecified atom stereocenters. The third-order valence-electron chi connectivity index (χ3n) is 5.46. The molecule has 0 bridgehead atoms. The number of amides is 2. The number of aromatic nitrogens is 2. The molecule has 0 saturated carbocycles. The molecule has 3 aromatic carbocycles. The van der Waals surface area contributed by atoms with Gasteiger partial charge in [0, 0.05) is 28.4 Å². The van der Waals surface area contributed by atoms with Crippen molar-refractivity contribution in [3.63, 3.8) is 0 Å². The van der Waals surface area contributed by atoms with Crippen molar-refractivity contribution in [2.45, 2.75) is 6.92 Å². The first-order chi connectivity index (χ1) is 17.4. The number of para-hydroxylation sites is 1. The second-order valence-corrected chi connectivity index (χ2v) is 8.46. The summed E-state index contributed by atoms with van der Waals surface area (Å²) in [4.78, 5) is 38.8. The largest absolute Gasteiger partial charge is 0.449 e. The van der Waals surface area contributed by atoms with Crippen LogP contribution in [0.2, 0.25) is 5.02 Å². The number of anilines is 2. The van der Waals surface area contributed by atoms with Crippen LogP contribution in [-0.2, 0) is 0 Å². The van der Waals surface area contributed by atoms with Gasteiger partial charge in [0.25, 0.3) is 11.8 Å². The fourth-order valence-corrected chi connectivity index (χ4v) is 3.76. The van der Waals surface area contributed by atoms with Gasteiger partial charge in [-0.25, -0.2) is 4.68 Å². The molecule has 0 atom stereocenters. The van der Waals surface area contributed by atoms with E-state index in [4.69, 9.17) is 16.0 Å². The molecule has 2 aromatic heterocycles. The molecule has 0 aliphatic heterocycles. The van der Waals surface area contributed by atoms with E-state index in [1.807, 2.05) is 31.2 Å². The van der Waals surface area contributed by atoms with Crippen LogP contribution < -0.4 is 16.1 Å². The Balaban J connectivity index is 1.50. The molecular formula is C27H19ClN4O4. The van der Waals surface area contributed by atoms with Crippen molar-refractivity contribution in [2.75, 3.05) is 10.6 Å². The number of benzene rings is 3. The van der Waals surface area contributed by atoms with Crippen LogP contribution in [0.1, 0.15) is 26.6 Å². The highest BCUT2D eigenvalue weighted by Crippen LogP contribution is 2.32. The fraction of sp³-hybridized carbons (Fsp3) is 0.0370. The van der Waals surface area contributed by atoms with Crippen molar-refractivity contribution >= 4 is 45.8 Å². The number of fused-ring (bicyclic) bond motifs is 1. The highest BCUT2D eigenvalue weighted by atomic mass is 35.5. The Kier molecular flexibility index (Phi) is 6.10. The van der Waals surface area contributed by atoms with Gasteiger partial charge in [0.2, 0.25) is 11.2 Å².